The van der Waals surface area contributed by atoms with Crippen molar-refractivity contribution in [1.29, 1.82) is 0 Å². The van der Waals surface area contributed by atoms with Crippen LogP contribution in [0, 0.1) is 18.6 Å². The van der Waals surface area contributed by atoms with Gasteiger partial charge in [-0.1, -0.05) is 30.3 Å². The third-order valence-electron chi connectivity index (χ3n) is 5.73. The number of hydrogen-bond acceptors (Lipinski definition) is 5. The Labute approximate surface area is 201 Å². The Morgan fingerprint density at radius 2 is 1.66 bits per heavy atom. The van der Waals surface area contributed by atoms with E-state index < -0.39 is 11.6 Å². The van der Waals surface area contributed by atoms with Gasteiger partial charge in [-0.3, -0.25) is 14.0 Å². The van der Waals surface area contributed by atoms with Gasteiger partial charge in [0.05, 0.1) is 24.8 Å². The van der Waals surface area contributed by atoms with Crippen molar-refractivity contribution in [2.75, 3.05) is 7.11 Å². The first-order valence-corrected chi connectivity index (χ1v) is 11.1. The lowest BCUT2D eigenvalue weighted by Crippen LogP contribution is -2.08. The summed E-state index contributed by atoms with van der Waals surface area (Å²) >= 11 is 0. The third kappa shape index (κ3) is 5.37. The second-order valence-electron chi connectivity index (χ2n) is 8.09. The average Bonchev–Trinajstić information content (AvgIpc) is 3.19. The Morgan fingerprint density at radius 1 is 0.971 bits per heavy atom. The molecule has 0 fully saturated rings. The lowest BCUT2D eigenvalue weighted by Gasteiger charge is -2.09. The number of halogens is 2. The van der Waals surface area contributed by atoms with E-state index in [-0.39, 0.29) is 36.8 Å². The molecule has 0 saturated carbocycles. The maximum absolute atomic E-state index is 14.0. The minimum absolute atomic E-state index is 0.0917. The van der Waals surface area contributed by atoms with Crippen LogP contribution in [0.5, 0.6) is 5.75 Å². The Hall–Kier alpha value is -4.07. The standard InChI is InChI=1S/C27H24F2N2O4/c1-17-26(23(32)13-12-18-8-10-19(11-9-18)15-25(33)34-2)31-14-4-7-24(27(31)30-17)35-16-20-21(28)5-3-6-22(20)29/h3-11,14H,12-13,15-16H2,1-2H3. The number of aryl methyl sites for hydroxylation is 2. The average molecular weight is 478 g/mol. The van der Waals surface area contributed by atoms with Crippen molar-refractivity contribution in [3.63, 3.8) is 0 Å². The monoisotopic (exact) mass is 478 g/mol. The molecule has 0 aliphatic carbocycles. The topological polar surface area (TPSA) is 69.9 Å². The Bertz CT molecular complexity index is 1360. The van der Waals surface area contributed by atoms with E-state index in [2.05, 4.69) is 9.72 Å². The quantitative estimate of drug-likeness (QED) is 0.249. The highest BCUT2D eigenvalue weighted by molar-refractivity contribution is 5.96. The van der Waals surface area contributed by atoms with Gasteiger partial charge in [0.15, 0.2) is 17.2 Å². The van der Waals surface area contributed by atoms with Crippen LogP contribution in [0.3, 0.4) is 0 Å². The number of hydrogen-bond donors (Lipinski definition) is 0. The zero-order valence-electron chi connectivity index (χ0n) is 19.4. The van der Waals surface area contributed by atoms with Crippen molar-refractivity contribution in [1.82, 2.24) is 9.38 Å². The second-order valence-corrected chi connectivity index (χ2v) is 8.09. The summed E-state index contributed by atoms with van der Waals surface area (Å²) in [7, 11) is 1.35. The molecule has 0 saturated heterocycles. The van der Waals surface area contributed by atoms with Crippen LogP contribution in [0.4, 0.5) is 8.78 Å². The number of carbonyl (C=O) groups excluding carboxylic acids is 2. The molecule has 35 heavy (non-hydrogen) atoms. The zero-order chi connectivity index (χ0) is 24.9. The Kier molecular flexibility index (Phi) is 7.19. The molecule has 0 spiro atoms. The van der Waals surface area contributed by atoms with Crippen LogP contribution in [0.2, 0.25) is 0 Å². The number of imidazole rings is 1. The summed E-state index contributed by atoms with van der Waals surface area (Å²) in [5, 5.41) is 0. The molecule has 0 atom stereocenters. The first-order chi connectivity index (χ1) is 16.9. The van der Waals surface area contributed by atoms with Gasteiger partial charge in [-0.05, 0) is 48.7 Å². The van der Waals surface area contributed by atoms with E-state index in [0.717, 1.165) is 11.1 Å². The maximum Gasteiger partial charge on any atom is 0.309 e. The van der Waals surface area contributed by atoms with Gasteiger partial charge < -0.3 is 9.47 Å². The molecule has 2 heterocycles. The summed E-state index contributed by atoms with van der Waals surface area (Å²) in [6.45, 7) is 1.43. The zero-order valence-corrected chi connectivity index (χ0v) is 19.4. The van der Waals surface area contributed by atoms with Crippen molar-refractivity contribution in [2.24, 2.45) is 0 Å². The smallest absolute Gasteiger partial charge is 0.309 e. The first kappa shape index (κ1) is 24.1. The Balaban J connectivity index is 1.48. The van der Waals surface area contributed by atoms with Gasteiger partial charge in [-0.2, -0.15) is 0 Å². The number of rotatable bonds is 9. The molecule has 8 heteroatoms. The molecule has 0 amide bonds. The highest BCUT2D eigenvalue weighted by Crippen LogP contribution is 2.25. The predicted octanol–water partition coefficient (Wildman–Crippen LogP) is 5.03. The summed E-state index contributed by atoms with van der Waals surface area (Å²) in [5.74, 6) is -1.46. The predicted molar refractivity (Wildman–Crippen MR) is 125 cm³/mol. The number of Topliss-reactive ketones (excluding diaryl/α,β-unsaturated/α-hetero) is 1. The molecule has 4 aromatic rings. The van der Waals surface area contributed by atoms with E-state index in [1.165, 1.54) is 25.3 Å². The number of esters is 1. The summed E-state index contributed by atoms with van der Waals surface area (Å²) in [5.41, 5.74) is 3.01. The van der Waals surface area contributed by atoms with Crippen molar-refractivity contribution in [2.45, 2.75) is 32.8 Å². The first-order valence-electron chi connectivity index (χ1n) is 11.1. The number of carbonyl (C=O) groups is 2. The van der Waals surface area contributed by atoms with Gasteiger partial charge in [0, 0.05) is 12.6 Å². The molecule has 6 nitrogen and oxygen atoms in total. The van der Waals surface area contributed by atoms with Gasteiger partial charge in [0.2, 0.25) is 0 Å². The van der Waals surface area contributed by atoms with Crippen molar-refractivity contribution in [3.8, 4) is 5.75 Å². The highest BCUT2D eigenvalue weighted by atomic mass is 19.1. The molecular weight excluding hydrogens is 454 g/mol. The number of ether oxygens (including phenoxy) is 2. The Morgan fingerprint density at radius 3 is 2.34 bits per heavy atom. The van der Waals surface area contributed by atoms with E-state index in [0.29, 0.717) is 29.2 Å². The van der Waals surface area contributed by atoms with Crippen LogP contribution in [0.1, 0.15) is 39.3 Å². The fourth-order valence-corrected chi connectivity index (χ4v) is 3.86. The SMILES string of the molecule is COC(=O)Cc1ccc(CCC(=O)c2c(C)nc3c(OCc4c(F)cccc4F)cccn23)cc1. The fourth-order valence-electron chi connectivity index (χ4n) is 3.86. The van der Waals surface area contributed by atoms with E-state index in [1.807, 2.05) is 24.3 Å². The number of benzene rings is 2. The minimum atomic E-state index is -0.689. The van der Waals surface area contributed by atoms with Crippen LogP contribution in [0.15, 0.2) is 60.8 Å². The van der Waals surface area contributed by atoms with Gasteiger partial charge >= 0.3 is 5.97 Å². The van der Waals surface area contributed by atoms with Crippen LogP contribution in [0.25, 0.3) is 5.65 Å². The van der Waals surface area contributed by atoms with Gasteiger partial charge in [0.25, 0.3) is 0 Å². The van der Waals surface area contributed by atoms with Gasteiger partial charge in [-0.25, -0.2) is 13.8 Å². The molecule has 0 aliphatic heterocycles. The van der Waals surface area contributed by atoms with E-state index in [9.17, 15) is 18.4 Å². The molecular formula is C27H24F2N2O4. The van der Waals surface area contributed by atoms with Crippen molar-refractivity contribution >= 4 is 17.4 Å². The van der Waals surface area contributed by atoms with Gasteiger partial charge in [0.1, 0.15) is 23.9 Å². The molecule has 0 N–H and O–H groups in total. The maximum atomic E-state index is 14.0. The van der Waals surface area contributed by atoms with Crippen LogP contribution < -0.4 is 4.74 Å². The number of ketones is 1. The summed E-state index contributed by atoms with van der Waals surface area (Å²) in [6, 6.07) is 14.4. The summed E-state index contributed by atoms with van der Waals surface area (Å²) < 4.78 is 39.9. The molecule has 0 bridgehead atoms. The fraction of sp³-hybridized carbons (Fsp3) is 0.222. The molecule has 2 aromatic heterocycles. The molecule has 0 aliphatic rings. The van der Waals surface area contributed by atoms with Crippen molar-refractivity contribution < 1.29 is 27.8 Å². The molecule has 180 valence electrons. The number of aromatic nitrogens is 2. The third-order valence-corrected chi connectivity index (χ3v) is 5.73. The number of fused-ring (bicyclic) bond motifs is 1. The highest BCUT2D eigenvalue weighted by Gasteiger charge is 2.19. The van der Waals surface area contributed by atoms with Crippen LogP contribution in [-0.4, -0.2) is 28.2 Å². The van der Waals surface area contributed by atoms with E-state index >= 15 is 0 Å². The molecule has 2 aromatic carbocycles. The number of methoxy groups -OCH3 is 1. The lowest BCUT2D eigenvalue weighted by molar-refractivity contribution is -0.139. The number of pyridine rings is 1. The van der Waals surface area contributed by atoms with E-state index in [4.69, 9.17) is 4.74 Å². The molecule has 4 rings (SSSR count). The van der Waals surface area contributed by atoms with Crippen LogP contribution >= 0.6 is 0 Å². The largest absolute Gasteiger partial charge is 0.485 e. The van der Waals surface area contributed by atoms with E-state index in [1.54, 1.807) is 29.7 Å². The summed E-state index contributed by atoms with van der Waals surface area (Å²) in [4.78, 5) is 29.0. The van der Waals surface area contributed by atoms with Gasteiger partial charge in [-0.15, -0.1) is 0 Å². The summed E-state index contributed by atoms with van der Waals surface area (Å²) in [6.07, 6.45) is 2.69. The molecule has 0 radical (unpaired) electrons. The van der Waals surface area contributed by atoms with Crippen LogP contribution in [-0.2, 0) is 29.0 Å². The normalized spacial score (nSPS) is 11.0. The number of nitrogens with zero attached hydrogens (tertiary/aromatic N) is 2. The van der Waals surface area contributed by atoms with Crippen molar-refractivity contribution in [3.05, 3.63) is 101 Å². The minimum Gasteiger partial charge on any atom is -0.485 e. The lowest BCUT2D eigenvalue weighted by atomic mass is 10.0. The molecule has 0 unspecified atom stereocenters. The second kappa shape index (κ2) is 10.5.